The minimum Gasteiger partial charge on any atom is -0.394 e. The number of aliphatic hydroxyl groups is 1. The number of ether oxygens (including phenoxy) is 3. The highest BCUT2D eigenvalue weighted by atomic mass is 16.6. The lowest BCUT2D eigenvalue weighted by atomic mass is 10.2. The van der Waals surface area contributed by atoms with Crippen molar-refractivity contribution in [2.45, 2.75) is 58.3 Å². The summed E-state index contributed by atoms with van der Waals surface area (Å²) in [5, 5.41) is 8.86. The molecule has 0 bridgehead atoms. The molecule has 0 aliphatic rings. The summed E-state index contributed by atoms with van der Waals surface area (Å²) in [6, 6.07) is 0. The fraction of sp³-hybridized carbons (Fsp3) is 0.765. The molecule has 0 spiro atoms. The second-order valence-electron chi connectivity index (χ2n) is 5.31. The van der Waals surface area contributed by atoms with Crippen LogP contribution >= 0.6 is 0 Å². The maximum absolute atomic E-state index is 8.86. The normalized spacial score (nSPS) is 16.0. The van der Waals surface area contributed by atoms with Gasteiger partial charge in [-0.25, -0.2) is 0 Å². The van der Waals surface area contributed by atoms with Crippen molar-refractivity contribution in [1.82, 2.24) is 0 Å². The third-order valence-corrected chi connectivity index (χ3v) is 2.91. The van der Waals surface area contributed by atoms with Gasteiger partial charge >= 0.3 is 0 Å². The van der Waals surface area contributed by atoms with Gasteiger partial charge in [-0.15, -0.1) is 6.58 Å². The van der Waals surface area contributed by atoms with Crippen LogP contribution in [-0.4, -0.2) is 49.8 Å². The zero-order valence-corrected chi connectivity index (χ0v) is 13.8. The molecule has 0 rings (SSSR count). The molecule has 0 aromatic rings. The van der Waals surface area contributed by atoms with Crippen LogP contribution in [0.5, 0.6) is 0 Å². The molecule has 0 saturated heterocycles. The number of hydrogen-bond acceptors (Lipinski definition) is 4. The zero-order chi connectivity index (χ0) is 15.9. The predicted octanol–water partition coefficient (Wildman–Crippen LogP) is 3.11. The molecule has 3 atom stereocenters. The van der Waals surface area contributed by atoms with Crippen molar-refractivity contribution >= 4 is 0 Å². The monoisotopic (exact) mass is 300 g/mol. The lowest BCUT2D eigenvalue weighted by molar-refractivity contribution is -0.0713. The van der Waals surface area contributed by atoms with E-state index in [0.29, 0.717) is 19.8 Å². The molecule has 124 valence electrons. The predicted molar refractivity (Wildman–Crippen MR) is 86.5 cm³/mol. The van der Waals surface area contributed by atoms with Gasteiger partial charge in [-0.2, -0.15) is 0 Å². The van der Waals surface area contributed by atoms with E-state index < -0.39 is 0 Å². The van der Waals surface area contributed by atoms with Crippen LogP contribution < -0.4 is 0 Å². The van der Waals surface area contributed by atoms with Crippen LogP contribution in [0, 0.1) is 0 Å². The molecular weight excluding hydrogens is 268 g/mol. The summed E-state index contributed by atoms with van der Waals surface area (Å²) in [7, 11) is 0. The first-order chi connectivity index (χ1) is 10.1. The Morgan fingerprint density at radius 3 is 2.14 bits per heavy atom. The van der Waals surface area contributed by atoms with E-state index in [0.717, 1.165) is 19.3 Å². The molecule has 0 radical (unpaired) electrons. The first kappa shape index (κ1) is 20.3. The second-order valence-corrected chi connectivity index (χ2v) is 5.31. The van der Waals surface area contributed by atoms with Crippen molar-refractivity contribution in [2.75, 3.05) is 26.4 Å². The van der Waals surface area contributed by atoms with Gasteiger partial charge in [0.2, 0.25) is 0 Å². The second kappa shape index (κ2) is 14.3. The standard InChI is InChI=1S/C17H32O4/c1-5-6-7-8-9-10-11-19-16(3)13-21-17(4)14-20-15(2)12-18/h5,9-10,15-18H,1,6-8,11-14H2,2-4H3. The molecule has 4 nitrogen and oxygen atoms in total. The molecule has 21 heavy (non-hydrogen) atoms. The summed E-state index contributed by atoms with van der Waals surface area (Å²) < 4.78 is 16.7. The Kier molecular flexibility index (Phi) is 13.8. The highest BCUT2D eigenvalue weighted by Crippen LogP contribution is 2.01. The molecule has 1 N–H and O–H groups in total. The average molecular weight is 300 g/mol. The molecule has 0 aliphatic carbocycles. The van der Waals surface area contributed by atoms with Crippen LogP contribution in [0.15, 0.2) is 24.8 Å². The van der Waals surface area contributed by atoms with Crippen molar-refractivity contribution in [3.8, 4) is 0 Å². The Labute approximate surface area is 129 Å². The van der Waals surface area contributed by atoms with Crippen molar-refractivity contribution < 1.29 is 19.3 Å². The fourth-order valence-electron chi connectivity index (χ4n) is 1.53. The molecule has 0 fully saturated rings. The summed E-state index contributed by atoms with van der Waals surface area (Å²) in [5.41, 5.74) is 0. The minimum atomic E-state index is -0.143. The van der Waals surface area contributed by atoms with Crippen molar-refractivity contribution in [3.63, 3.8) is 0 Å². The molecule has 0 saturated carbocycles. The summed E-state index contributed by atoms with van der Waals surface area (Å²) in [6.45, 7) is 11.2. The van der Waals surface area contributed by atoms with Gasteiger partial charge in [0.05, 0.1) is 44.7 Å². The summed E-state index contributed by atoms with van der Waals surface area (Å²) in [6.07, 6.45) is 9.31. The highest BCUT2D eigenvalue weighted by molar-refractivity contribution is 4.82. The molecule has 0 aromatic heterocycles. The molecule has 0 amide bonds. The number of rotatable bonds is 14. The van der Waals surface area contributed by atoms with Gasteiger partial charge in [0.25, 0.3) is 0 Å². The Balaban J connectivity index is 3.52. The van der Waals surface area contributed by atoms with E-state index in [1.807, 2.05) is 26.8 Å². The van der Waals surface area contributed by atoms with Crippen molar-refractivity contribution in [3.05, 3.63) is 24.8 Å². The number of allylic oxidation sites excluding steroid dienone is 2. The smallest absolute Gasteiger partial charge is 0.0784 e. The van der Waals surface area contributed by atoms with Crippen molar-refractivity contribution in [1.29, 1.82) is 0 Å². The maximum Gasteiger partial charge on any atom is 0.0784 e. The van der Waals surface area contributed by atoms with Gasteiger partial charge in [-0.05, 0) is 40.0 Å². The van der Waals surface area contributed by atoms with E-state index in [-0.39, 0.29) is 24.9 Å². The Bertz CT molecular complexity index is 266. The van der Waals surface area contributed by atoms with E-state index in [9.17, 15) is 0 Å². The average Bonchev–Trinajstić information content (AvgIpc) is 2.49. The van der Waals surface area contributed by atoms with Gasteiger partial charge in [-0.3, -0.25) is 0 Å². The summed E-state index contributed by atoms with van der Waals surface area (Å²) in [5.74, 6) is 0. The van der Waals surface area contributed by atoms with E-state index in [1.165, 1.54) is 0 Å². The van der Waals surface area contributed by atoms with Gasteiger partial charge < -0.3 is 19.3 Å². The number of unbranched alkanes of at least 4 members (excludes halogenated alkanes) is 2. The van der Waals surface area contributed by atoms with Crippen molar-refractivity contribution in [2.24, 2.45) is 0 Å². The molecule has 0 heterocycles. The van der Waals surface area contributed by atoms with Crippen LogP contribution in [0.2, 0.25) is 0 Å². The Morgan fingerprint density at radius 1 is 0.905 bits per heavy atom. The molecular formula is C17H32O4. The molecule has 4 heteroatoms. The van der Waals surface area contributed by atoms with Gasteiger partial charge in [-0.1, -0.05) is 18.2 Å². The Hall–Kier alpha value is -0.680. The summed E-state index contributed by atoms with van der Waals surface area (Å²) in [4.78, 5) is 0. The van der Waals surface area contributed by atoms with E-state index in [1.54, 1.807) is 0 Å². The van der Waals surface area contributed by atoms with Crippen LogP contribution in [0.3, 0.4) is 0 Å². The number of hydrogen-bond donors (Lipinski definition) is 1. The van der Waals surface area contributed by atoms with E-state index >= 15 is 0 Å². The van der Waals surface area contributed by atoms with Gasteiger partial charge in [0, 0.05) is 0 Å². The molecule has 0 aliphatic heterocycles. The van der Waals surface area contributed by atoms with E-state index in [4.69, 9.17) is 19.3 Å². The molecule has 3 unspecified atom stereocenters. The lowest BCUT2D eigenvalue weighted by Crippen LogP contribution is -2.26. The minimum absolute atomic E-state index is 0.000467. The zero-order valence-electron chi connectivity index (χ0n) is 13.8. The van der Waals surface area contributed by atoms with Crippen LogP contribution in [-0.2, 0) is 14.2 Å². The third-order valence-electron chi connectivity index (χ3n) is 2.91. The number of aliphatic hydroxyl groups excluding tert-OH is 1. The highest BCUT2D eigenvalue weighted by Gasteiger charge is 2.08. The van der Waals surface area contributed by atoms with Crippen LogP contribution in [0.1, 0.15) is 40.0 Å². The van der Waals surface area contributed by atoms with Gasteiger partial charge in [0.15, 0.2) is 0 Å². The van der Waals surface area contributed by atoms with E-state index in [2.05, 4.69) is 18.7 Å². The molecule has 0 aromatic carbocycles. The maximum atomic E-state index is 8.86. The first-order valence-electron chi connectivity index (χ1n) is 7.81. The largest absolute Gasteiger partial charge is 0.394 e. The SMILES string of the molecule is C=CCCCC=CCOC(C)COC(C)COC(C)CO. The fourth-order valence-corrected chi connectivity index (χ4v) is 1.53. The van der Waals surface area contributed by atoms with Crippen LogP contribution in [0.4, 0.5) is 0 Å². The lowest BCUT2D eigenvalue weighted by Gasteiger charge is -2.18. The quantitative estimate of drug-likeness (QED) is 0.395. The van der Waals surface area contributed by atoms with Gasteiger partial charge in [0.1, 0.15) is 0 Å². The Morgan fingerprint density at radius 2 is 1.52 bits per heavy atom. The van der Waals surface area contributed by atoms with Crippen LogP contribution in [0.25, 0.3) is 0 Å². The topological polar surface area (TPSA) is 47.9 Å². The summed E-state index contributed by atoms with van der Waals surface area (Å²) >= 11 is 0. The first-order valence-corrected chi connectivity index (χ1v) is 7.81. The third kappa shape index (κ3) is 14.0.